The molecule has 0 bridgehead atoms. The van der Waals surface area contributed by atoms with E-state index in [1.165, 1.54) is 141 Å². The van der Waals surface area contributed by atoms with Crippen LogP contribution in [0.4, 0.5) is 0 Å². The third kappa shape index (κ3) is 35.9. The van der Waals surface area contributed by atoms with E-state index in [-0.39, 0.29) is 18.5 Å². The Morgan fingerprint density at radius 2 is 0.750 bits per heavy atom. The van der Waals surface area contributed by atoms with Crippen molar-refractivity contribution in [3.05, 3.63) is 0 Å². The molecule has 0 aliphatic carbocycles. The standard InChI is InChI=1S/C46H91NO5/c1-5-9-13-19-29-43(30-20-14-10-6-2)33-27-41-51-45(49)35-23-17-25-37-47(39-40-48)38-26-18-24-36-46(50)52-42-28-34-44(31-21-15-11-7-3)32-22-16-12-8-4/h43-44,48H,5-42H2,1-4H3. The van der Waals surface area contributed by atoms with Crippen molar-refractivity contribution in [2.45, 2.75) is 233 Å². The second kappa shape index (κ2) is 41.0. The predicted octanol–water partition coefficient (Wildman–Crippen LogP) is 13.2. The molecular formula is C46H91NO5. The first-order chi connectivity index (χ1) is 25.5. The molecule has 0 aromatic rings. The van der Waals surface area contributed by atoms with Crippen LogP contribution in [-0.2, 0) is 19.1 Å². The summed E-state index contributed by atoms with van der Waals surface area (Å²) >= 11 is 0. The van der Waals surface area contributed by atoms with Gasteiger partial charge in [-0.25, -0.2) is 0 Å². The molecular weight excluding hydrogens is 647 g/mol. The van der Waals surface area contributed by atoms with Gasteiger partial charge in [-0.1, -0.05) is 169 Å². The molecule has 0 saturated carbocycles. The van der Waals surface area contributed by atoms with Gasteiger partial charge in [-0.3, -0.25) is 9.59 Å². The topological polar surface area (TPSA) is 76.1 Å². The Morgan fingerprint density at radius 1 is 0.423 bits per heavy atom. The van der Waals surface area contributed by atoms with Crippen LogP contribution in [0.1, 0.15) is 233 Å². The Kier molecular flexibility index (Phi) is 40.1. The third-order valence-corrected chi connectivity index (χ3v) is 11.0. The van der Waals surface area contributed by atoms with Crippen molar-refractivity contribution in [2.24, 2.45) is 11.8 Å². The monoisotopic (exact) mass is 738 g/mol. The number of carbonyl (C=O) groups excluding carboxylic acids is 2. The maximum atomic E-state index is 12.3. The highest BCUT2D eigenvalue weighted by Gasteiger charge is 2.12. The highest BCUT2D eigenvalue weighted by atomic mass is 16.5. The van der Waals surface area contributed by atoms with Gasteiger partial charge < -0.3 is 19.5 Å². The van der Waals surface area contributed by atoms with E-state index in [4.69, 9.17) is 9.47 Å². The minimum Gasteiger partial charge on any atom is -0.466 e. The van der Waals surface area contributed by atoms with Crippen LogP contribution in [0.3, 0.4) is 0 Å². The van der Waals surface area contributed by atoms with Gasteiger partial charge in [0.25, 0.3) is 0 Å². The van der Waals surface area contributed by atoms with Crippen LogP contribution < -0.4 is 0 Å². The first kappa shape index (κ1) is 50.9. The summed E-state index contributed by atoms with van der Waals surface area (Å²) in [5.41, 5.74) is 0. The van der Waals surface area contributed by atoms with E-state index in [0.29, 0.717) is 32.6 Å². The summed E-state index contributed by atoms with van der Waals surface area (Å²) in [5.74, 6) is 1.48. The maximum absolute atomic E-state index is 12.3. The molecule has 0 aliphatic rings. The second-order valence-electron chi connectivity index (χ2n) is 16.0. The van der Waals surface area contributed by atoms with Crippen molar-refractivity contribution in [3.8, 4) is 0 Å². The first-order valence-corrected chi connectivity index (χ1v) is 23.1. The Bertz CT molecular complexity index is 664. The zero-order chi connectivity index (χ0) is 38.2. The lowest BCUT2D eigenvalue weighted by atomic mass is 9.91. The number of nitrogens with zero attached hydrogens (tertiary/aromatic N) is 1. The molecule has 6 nitrogen and oxygen atoms in total. The lowest BCUT2D eigenvalue weighted by molar-refractivity contribution is -0.144. The van der Waals surface area contributed by atoms with Crippen molar-refractivity contribution < 1.29 is 24.2 Å². The molecule has 0 atom stereocenters. The summed E-state index contributed by atoms with van der Waals surface area (Å²) in [4.78, 5) is 27.0. The van der Waals surface area contributed by atoms with E-state index in [1.807, 2.05) is 0 Å². The third-order valence-electron chi connectivity index (χ3n) is 11.0. The zero-order valence-electron chi connectivity index (χ0n) is 35.6. The molecule has 52 heavy (non-hydrogen) atoms. The van der Waals surface area contributed by atoms with E-state index in [1.54, 1.807) is 0 Å². The van der Waals surface area contributed by atoms with Crippen LogP contribution in [0.5, 0.6) is 0 Å². The van der Waals surface area contributed by atoms with Crippen molar-refractivity contribution in [3.63, 3.8) is 0 Å². The Balaban J connectivity index is 4.04. The molecule has 0 heterocycles. The van der Waals surface area contributed by atoms with E-state index >= 15 is 0 Å². The normalized spacial score (nSPS) is 11.7. The summed E-state index contributed by atoms with van der Waals surface area (Å²) in [6.45, 7) is 13.0. The molecule has 6 heteroatoms. The lowest BCUT2D eigenvalue weighted by Gasteiger charge is -2.21. The number of aliphatic hydroxyl groups excluding tert-OH is 1. The average Bonchev–Trinajstić information content (AvgIpc) is 3.14. The van der Waals surface area contributed by atoms with Crippen molar-refractivity contribution in [1.29, 1.82) is 0 Å². The van der Waals surface area contributed by atoms with Crippen LogP contribution in [0.2, 0.25) is 0 Å². The number of carbonyl (C=O) groups is 2. The van der Waals surface area contributed by atoms with Gasteiger partial charge in [0.15, 0.2) is 0 Å². The number of esters is 2. The first-order valence-electron chi connectivity index (χ1n) is 23.1. The molecule has 0 unspecified atom stereocenters. The summed E-state index contributed by atoms with van der Waals surface area (Å²) < 4.78 is 11.2. The minimum absolute atomic E-state index is 0.0482. The quantitative estimate of drug-likeness (QED) is 0.0496. The molecule has 0 aromatic heterocycles. The number of ether oxygens (including phenoxy) is 2. The van der Waals surface area contributed by atoms with Gasteiger partial charge in [0, 0.05) is 19.4 Å². The fourth-order valence-electron chi connectivity index (χ4n) is 7.61. The maximum Gasteiger partial charge on any atom is 0.305 e. The molecule has 310 valence electrons. The molecule has 0 rings (SSSR count). The molecule has 0 fully saturated rings. The van der Waals surface area contributed by atoms with Gasteiger partial charge in [-0.2, -0.15) is 0 Å². The van der Waals surface area contributed by atoms with Crippen LogP contribution in [0.15, 0.2) is 0 Å². The van der Waals surface area contributed by atoms with Gasteiger partial charge in [0.1, 0.15) is 0 Å². The van der Waals surface area contributed by atoms with E-state index in [9.17, 15) is 14.7 Å². The number of hydrogen-bond donors (Lipinski definition) is 1. The van der Waals surface area contributed by atoms with Gasteiger partial charge in [-0.05, 0) is 76.3 Å². The van der Waals surface area contributed by atoms with E-state index in [0.717, 1.165) is 76.3 Å². The molecule has 0 radical (unpaired) electrons. The largest absolute Gasteiger partial charge is 0.466 e. The number of rotatable bonds is 42. The number of aliphatic hydroxyl groups is 1. The fourth-order valence-corrected chi connectivity index (χ4v) is 7.61. The molecule has 0 saturated heterocycles. The van der Waals surface area contributed by atoms with Crippen molar-refractivity contribution in [1.82, 2.24) is 4.90 Å². The highest BCUT2D eigenvalue weighted by Crippen LogP contribution is 2.24. The summed E-state index contributed by atoms with van der Waals surface area (Å²) in [6.07, 6.45) is 37.8. The summed E-state index contributed by atoms with van der Waals surface area (Å²) in [7, 11) is 0. The zero-order valence-corrected chi connectivity index (χ0v) is 35.6. The minimum atomic E-state index is -0.0482. The number of hydrogen-bond acceptors (Lipinski definition) is 6. The molecule has 0 aliphatic heterocycles. The Morgan fingerprint density at radius 3 is 1.08 bits per heavy atom. The smallest absolute Gasteiger partial charge is 0.305 e. The molecule has 0 aromatic carbocycles. The van der Waals surface area contributed by atoms with Crippen LogP contribution in [0, 0.1) is 11.8 Å². The average molecular weight is 738 g/mol. The van der Waals surface area contributed by atoms with Gasteiger partial charge >= 0.3 is 11.9 Å². The summed E-state index contributed by atoms with van der Waals surface area (Å²) in [5, 5.41) is 9.55. The lowest BCUT2D eigenvalue weighted by Crippen LogP contribution is -2.29. The Hall–Kier alpha value is -1.14. The second-order valence-corrected chi connectivity index (χ2v) is 16.0. The molecule has 0 amide bonds. The van der Waals surface area contributed by atoms with E-state index in [2.05, 4.69) is 32.6 Å². The van der Waals surface area contributed by atoms with Crippen LogP contribution in [0.25, 0.3) is 0 Å². The number of unbranched alkanes of at least 4 members (excludes halogenated alkanes) is 16. The van der Waals surface area contributed by atoms with Gasteiger partial charge in [-0.15, -0.1) is 0 Å². The fraction of sp³-hybridized carbons (Fsp3) is 0.957. The van der Waals surface area contributed by atoms with Crippen LogP contribution in [-0.4, -0.2) is 61.4 Å². The highest BCUT2D eigenvalue weighted by molar-refractivity contribution is 5.69. The van der Waals surface area contributed by atoms with Crippen molar-refractivity contribution >= 4 is 11.9 Å². The predicted molar refractivity (Wildman–Crippen MR) is 223 cm³/mol. The SMILES string of the molecule is CCCCCCC(CCCCCC)CCCOC(=O)CCCCCN(CCO)CCCCCC(=O)OCCCC(CCCCCC)CCCCCC. The molecule has 1 N–H and O–H groups in total. The molecule has 0 spiro atoms. The van der Waals surface area contributed by atoms with Crippen molar-refractivity contribution in [2.75, 3.05) is 39.5 Å². The van der Waals surface area contributed by atoms with Gasteiger partial charge in [0.2, 0.25) is 0 Å². The van der Waals surface area contributed by atoms with Gasteiger partial charge in [0.05, 0.1) is 19.8 Å². The van der Waals surface area contributed by atoms with E-state index < -0.39 is 0 Å². The Labute approximate surface area is 324 Å². The summed E-state index contributed by atoms with van der Waals surface area (Å²) in [6, 6.07) is 0. The van der Waals surface area contributed by atoms with Crippen LogP contribution >= 0.6 is 0 Å².